The van der Waals surface area contributed by atoms with Gasteiger partial charge in [-0.15, -0.1) is 16.3 Å². The molecule has 0 bridgehead atoms. The molecule has 1 rings (SSSR count). The molecule has 0 aliphatic heterocycles. The lowest BCUT2D eigenvalue weighted by molar-refractivity contribution is 0.162. The predicted octanol–water partition coefficient (Wildman–Crippen LogP) is 1.80. The molecule has 1 amide bonds. The number of nitrogens with zero attached hydrogens (tertiary/aromatic N) is 2. The van der Waals surface area contributed by atoms with Crippen molar-refractivity contribution in [2.45, 2.75) is 6.92 Å². The lowest BCUT2D eigenvalue weighted by Crippen LogP contribution is -2.09. The van der Waals surface area contributed by atoms with Crippen LogP contribution in [0, 0.1) is 0 Å². The summed E-state index contributed by atoms with van der Waals surface area (Å²) in [5, 5.41) is 1.85. The van der Waals surface area contributed by atoms with E-state index in [0.29, 0.717) is 11.4 Å². The third-order valence-corrected chi connectivity index (χ3v) is 2.87. The Morgan fingerprint density at radius 1 is 1.92 bits per heavy atom. The number of aromatic nitrogens is 1. The summed E-state index contributed by atoms with van der Waals surface area (Å²) in [6.07, 6.45) is 1.29. The van der Waals surface area contributed by atoms with Crippen molar-refractivity contribution in [2.24, 2.45) is 4.99 Å². The lowest BCUT2D eigenvalue weighted by Gasteiger charge is -1.92. The molecule has 4 nitrogen and oxygen atoms in total. The Balaban J connectivity index is 2.83. The van der Waals surface area contributed by atoms with E-state index in [4.69, 9.17) is 0 Å². The molecule has 0 radical (unpaired) electrons. The van der Waals surface area contributed by atoms with Gasteiger partial charge in [0, 0.05) is 11.6 Å². The van der Waals surface area contributed by atoms with Gasteiger partial charge in [0.15, 0.2) is 0 Å². The summed E-state index contributed by atoms with van der Waals surface area (Å²) in [5.74, 6) is 0. The molecule has 66 valence electrons. The Morgan fingerprint density at radius 2 is 2.67 bits per heavy atom. The van der Waals surface area contributed by atoms with Crippen molar-refractivity contribution in [3.05, 3.63) is 16.4 Å². The van der Waals surface area contributed by atoms with Crippen LogP contribution in [0.15, 0.2) is 16.6 Å². The molecule has 6 heteroatoms. The van der Waals surface area contributed by atoms with Crippen LogP contribution in [0.4, 0.5) is 4.79 Å². The highest BCUT2D eigenvalue weighted by atomic mass is 127. The van der Waals surface area contributed by atoms with Crippen LogP contribution in [-0.2, 0) is 4.74 Å². The number of thiazole rings is 1. The molecule has 0 saturated carbocycles. The Hall–Kier alpha value is -0.370. The van der Waals surface area contributed by atoms with Crippen LogP contribution in [0.2, 0.25) is 0 Å². The zero-order valence-corrected chi connectivity index (χ0v) is 9.33. The van der Waals surface area contributed by atoms with Crippen molar-refractivity contribution in [2.75, 3.05) is 6.61 Å². The number of hydrogen-bond donors (Lipinski definition) is 0. The van der Waals surface area contributed by atoms with Gasteiger partial charge in [-0.25, -0.2) is 4.79 Å². The highest BCUT2D eigenvalue weighted by Gasteiger charge is 1.97. The zero-order valence-electron chi connectivity index (χ0n) is 6.36. The molecule has 0 atom stereocenters. The van der Waals surface area contributed by atoms with Gasteiger partial charge < -0.3 is 4.74 Å². The fourth-order valence-corrected chi connectivity index (χ4v) is 1.99. The van der Waals surface area contributed by atoms with Crippen LogP contribution in [0.5, 0.6) is 0 Å². The molecule has 0 spiro atoms. The summed E-state index contributed by atoms with van der Waals surface area (Å²) in [7, 11) is 0. The molecule has 0 aromatic carbocycles. The maximum absolute atomic E-state index is 10.9. The van der Waals surface area contributed by atoms with Crippen LogP contribution in [-0.4, -0.2) is 15.5 Å². The van der Waals surface area contributed by atoms with Crippen molar-refractivity contribution in [3.8, 4) is 0 Å². The molecule has 1 aromatic rings. The Labute approximate surface area is 87.4 Å². The summed E-state index contributed by atoms with van der Waals surface area (Å²) in [6.45, 7) is 2.11. The van der Waals surface area contributed by atoms with Crippen molar-refractivity contribution in [3.63, 3.8) is 0 Å². The molecular formula is C6H7IN2O2S. The smallest absolute Gasteiger partial charge is 0.436 e. The van der Waals surface area contributed by atoms with Gasteiger partial charge in [-0.2, -0.15) is 0 Å². The number of carbonyl (C=O) groups excluding carboxylic acids is 1. The first-order valence-corrected chi connectivity index (χ1v) is 5.12. The monoisotopic (exact) mass is 298 g/mol. The molecule has 1 aromatic heterocycles. The lowest BCUT2D eigenvalue weighted by atomic mass is 10.9. The normalized spacial score (nSPS) is 11.7. The summed E-state index contributed by atoms with van der Waals surface area (Å²) in [6, 6.07) is 0. The van der Waals surface area contributed by atoms with E-state index in [1.54, 1.807) is 9.70 Å². The molecule has 1 heterocycles. The van der Waals surface area contributed by atoms with E-state index in [2.05, 4.69) is 9.73 Å². The van der Waals surface area contributed by atoms with E-state index in [-0.39, 0.29) is 0 Å². The first-order chi connectivity index (χ1) is 5.74. The average molecular weight is 298 g/mol. The minimum atomic E-state index is -0.537. The Morgan fingerprint density at radius 3 is 3.17 bits per heavy atom. The quantitative estimate of drug-likeness (QED) is 0.742. The van der Waals surface area contributed by atoms with E-state index in [1.165, 1.54) is 11.3 Å². The molecule has 0 aliphatic carbocycles. The van der Waals surface area contributed by atoms with Crippen molar-refractivity contribution < 1.29 is 9.53 Å². The summed E-state index contributed by atoms with van der Waals surface area (Å²) in [4.78, 5) is 15.2. The largest absolute Gasteiger partial charge is 0.448 e. The fraction of sp³-hybridized carbons (Fsp3) is 0.333. The summed E-state index contributed by atoms with van der Waals surface area (Å²) in [5.41, 5.74) is 0. The SMILES string of the molecule is CCOC(=O)N=c1sccn1I. The van der Waals surface area contributed by atoms with Gasteiger partial charge in [-0.3, -0.25) is 2.78 Å². The van der Waals surface area contributed by atoms with Crippen molar-refractivity contribution in [1.29, 1.82) is 0 Å². The molecular weight excluding hydrogens is 291 g/mol. The van der Waals surface area contributed by atoms with Gasteiger partial charge in [0.2, 0.25) is 4.80 Å². The van der Waals surface area contributed by atoms with Gasteiger partial charge in [-0.1, -0.05) is 0 Å². The van der Waals surface area contributed by atoms with Gasteiger partial charge in [0.05, 0.1) is 29.5 Å². The molecule has 0 unspecified atom stereocenters. The van der Waals surface area contributed by atoms with E-state index < -0.39 is 6.09 Å². The second-order valence-electron chi connectivity index (χ2n) is 1.81. The molecule has 12 heavy (non-hydrogen) atoms. The predicted molar refractivity (Wildman–Crippen MR) is 54.3 cm³/mol. The van der Waals surface area contributed by atoms with Crippen LogP contribution in [0.25, 0.3) is 0 Å². The highest BCUT2D eigenvalue weighted by Crippen LogP contribution is 1.94. The zero-order chi connectivity index (χ0) is 8.97. The number of carbonyl (C=O) groups is 1. The Bertz CT molecular complexity index is 330. The number of hydrogen-bond acceptors (Lipinski definition) is 3. The van der Waals surface area contributed by atoms with Crippen LogP contribution in [0.1, 0.15) is 6.92 Å². The number of rotatable bonds is 1. The van der Waals surface area contributed by atoms with Crippen molar-refractivity contribution >= 4 is 40.3 Å². The second kappa shape index (κ2) is 4.61. The van der Waals surface area contributed by atoms with Crippen LogP contribution >= 0.6 is 34.2 Å². The van der Waals surface area contributed by atoms with Gasteiger partial charge in [-0.05, 0) is 6.92 Å². The summed E-state index contributed by atoms with van der Waals surface area (Å²) >= 11 is 3.43. The Kier molecular flexibility index (Phi) is 3.73. The minimum absolute atomic E-state index is 0.356. The third kappa shape index (κ3) is 2.59. The van der Waals surface area contributed by atoms with E-state index >= 15 is 0 Å². The second-order valence-corrected chi connectivity index (χ2v) is 3.72. The number of halogens is 1. The molecule has 0 N–H and O–H groups in total. The third-order valence-electron chi connectivity index (χ3n) is 1.00. The standard InChI is InChI=1S/C6H7IN2O2S/c1-2-11-6(10)8-5-9(7)3-4-12-5/h3-4H,2H2,1H3. The van der Waals surface area contributed by atoms with Crippen molar-refractivity contribution in [1.82, 2.24) is 2.78 Å². The van der Waals surface area contributed by atoms with E-state index in [9.17, 15) is 4.79 Å². The summed E-state index contributed by atoms with van der Waals surface area (Å²) < 4.78 is 6.39. The maximum Gasteiger partial charge on any atom is 0.436 e. The van der Waals surface area contributed by atoms with Crippen LogP contribution in [0.3, 0.4) is 0 Å². The van der Waals surface area contributed by atoms with E-state index in [1.807, 2.05) is 34.4 Å². The average Bonchev–Trinajstić information content (AvgIpc) is 2.37. The molecule has 0 fully saturated rings. The topological polar surface area (TPSA) is 43.6 Å². The first kappa shape index (κ1) is 9.72. The van der Waals surface area contributed by atoms with Crippen LogP contribution < -0.4 is 4.80 Å². The first-order valence-electron chi connectivity index (χ1n) is 3.28. The number of ether oxygens (including phenoxy) is 1. The maximum atomic E-state index is 10.9. The van der Waals surface area contributed by atoms with Gasteiger partial charge in [0.25, 0.3) is 0 Å². The van der Waals surface area contributed by atoms with Gasteiger partial charge >= 0.3 is 6.09 Å². The molecule has 0 aliphatic rings. The van der Waals surface area contributed by atoms with Gasteiger partial charge in [0.1, 0.15) is 0 Å². The van der Waals surface area contributed by atoms with E-state index in [0.717, 1.165) is 0 Å². The minimum Gasteiger partial charge on any atom is -0.448 e. The molecule has 0 saturated heterocycles. The number of amides is 1. The highest BCUT2D eigenvalue weighted by molar-refractivity contribution is 14.1. The fourth-order valence-electron chi connectivity index (χ4n) is 0.567.